The van der Waals surface area contributed by atoms with E-state index >= 15 is 0 Å². The van der Waals surface area contributed by atoms with E-state index in [0.29, 0.717) is 6.54 Å². The second-order valence-electron chi connectivity index (χ2n) is 3.69. The third-order valence-corrected chi connectivity index (χ3v) is 2.15. The highest BCUT2D eigenvalue weighted by atomic mass is 16.4. The lowest BCUT2D eigenvalue weighted by Crippen LogP contribution is -2.47. The van der Waals surface area contributed by atoms with Crippen LogP contribution in [-0.4, -0.2) is 52.7 Å². The van der Waals surface area contributed by atoms with Crippen LogP contribution >= 0.6 is 0 Å². The molecule has 7 heteroatoms. The van der Waals surface area contributed by atoms with Crippen LogP contribution in [0.25, 0.3) is 0 Å². The van der Waals surface area contributed by atoms with Crippen LogP contribution in [0.3, 0.4) is 0 Å². The molecule has 0 fully saturated rings. The molecule has 7 nitrogen and oxygen atoms in total. The molecule has 0 spiro atoms. The van der Waals surface area contributed by atoms with Crippen molar-refractivity contribution in [3.63, 3.8) is 0 Å². The highest BCUT2D eigenvalue weighted by molar-refractivity contribution is 5.82. The first-order valence-electron chi connectivity index (χ1n) is 5.34. The number of aliphatic carboxylic acids is 2. The van der Waals surface area contributed by atoms with Gasteiger partial charge in [0.15, 0.2) is 0 Å². The molecule has 2 amide bonds. The normalized spacial score (nSPS) is 11.6. The lowest BCUT2D eigenvalue weighted by molar-refractivity contribution is -0.140. The van der Waals surface area contributed by atoms with E-state index in [9.17, 15) is 14.4 Å². The lowest BCUT2D eigenvalue weighted by atomic mass is 10.1. The first kappa shape index (κ1) is 15.2. The summed E-state index contributed by atoms with van der Waals surface area (Å²) in [6.07, 6.45) is 0.335. The molecule has 3 N–H and O–H groups in total. The standard InChI is InChI=1S/C10H18N2O5/c1-3-6-12(2)10(17)11-7(9(15)16)4-5-8(13)14/h7H,3-6H2,1-2H3,(H,11,17)(H,13,14)(H,15,16)/t7-/m0/s1. The van der Waals surface area contributed by atoms with Crippen LogP contribution in [0.1, 0.15) is 26.2 Å². The molecular weight excluding hydrogens is 228 g/mol. The molecule has 17 heavy (non-hydrogen) atoms. The number of hydrogen-bond donors (Lipinski definition) is 3. The third-order valence-electron chi connectivity index (χ3n) is 2.15. The Hall–Kier alpha value is -1.79. The maximum Gasteiger partial charge on any atom is 0.326 e. The first-order valence-corrected chi connectivity index (χ1v) is 5.34. The zero-order valence-electron chi connectivity index (χ0n) is 9.97. The molecule has 0 aliphatic carbocycles. The molecule has 0 aromatic rings. The molecule has 0 aliphatic heterocycles. The van der Waals surface area contributed by atoms with Crippen molar-refractivity contribution in [2.75, 3.05) is 13.6 Å². The van der Waals surface area contributed by atoms with Crippen molar-refractivity contribution in [2.24, 2.45) is 0 Å². The van der Waals surface area contributed by atoms with Gasteiger partial charge in [0.1, 0.15) is 6.04 Å². The van der Waals surface area contributed by atoms with E-state index in [4.69, 9.17) is 10.2 Å². The Labute approximate surface area is 99.4 Å². The van der Waals surface area contributed by atoms with Crippen LogP contribution in [0.2, 0.25) is 0 Å². The van der Waals surface area contributed by atoms with Crippen molar-refractivity contribution in [2.45, 2.75) is 32.2 Å². The maximum absolute atomic E-state index is 11.5. The van der Waals surface area contributed by atoms with Crippen LogP contribution in [0.15, 0.2) is 0 Å². The van der Waals surface area contributed by atoms with Crippen molar-refractivity contribution in [1.29, 1.82) is 0 Å². The molecule has 0 saturated heterocycles. The van der Waals surface area contributed by atoms with Crippen molar-refractivity contribution < 1.29 is 24.6 Å². The summed E-state index contributed by atoms with van der Waals surface area (Å²) < 4.78 is 0. The SMILES string of the molecule is CCCN(C)C(=O)N[C@@H](CCC(=O)O)C(=O)O. The number of urea groups is 1. The average Bonchev–Trinajstić information content (AvgIpc) is 2.23. The van der Waals surface area contributed by atoms with E-state index in [1.807, 2.05) is 6.92 Å². The van der Waals surface area contributed by atoms with Gasteiger partial charge in [0.05, 0.1) is 0 Å². The highest BCUT2D eigenvalue weighted by Crippen LogP contribution is 1.99. The Bertz CT molecular complexity index is 292. The van der Waals surface area contributed by atoms with Crippen LogP contribution in [0, 0.1) is 0 Å². The Balaban J connectivity index is 4.29. The van der Waals surface area contributed by atoms with Crippen LogP contribution < -0.4 is 5.32 Å². The largest absolute Gasteiger partial charge is 0.481 e. The minimum atomic E-state index is -1.23. The fourth-order valence-electron chi connectivity index (χ4n) is 1.22. The minimum absolute atomic E-state index is 0.129. The Morgan fingerprint density at radius 1 is 1.29 bits per heavy atom. The molecule has 98 valence electrons. The summed E-state index contributed by atoms with van der Waals surface area (Å²) in [5.74, 6) is -2.32. The summed E-state index contributed by atoms with van der Waals surface area (Å²) in [6.45, 7) is 2.40. The molecule has 0 aliphatic rings. The number of nitrogens with zero attached hydrogens (tertiary/aromatic N) is 1. The molecule has 0 radical (unpaired) electrons. The van der Waals surface area contributed by atoms with Gasteiger partial charge in [0.25, 0.3) is 0 Å². The molecule has 0 aromatic carbocycles. The van der Waals surface area contributed by atoms with E-state index in [1.54, 1.807) is 7.05 Å². The number of hydrogen-bond acceptors (Lipinski definition) is 3. The van der Waals surface area contributed by atoms with Gasteiger partial charge in [-0.15, -0.1) is 0 Å². The van der Waals surface area contributed by atoms with Crippen molar-refractivity contribution >= 4 is 18.0 Å². The average molecular weight is 246 g/mol. The van der Waals surface area contributed by atoms with Gasteiger partial charge < -0.3 is 20.4 Å². The summed E-state index contributed by atoms with van der Waals surface area (Å²) in [6, 6.07) is -1.68. The van der Waals surface area contributed by atoms with E-state index in [2.05, 4.69) is 5.32 Å². The van der Waals surface area contributed by atoms with Gasteiger partial charge in [-0.25, -0.2) is 9.59 Å². The van der Waals surface area contributed by atoms with Gasteiger partial charge in [0, 0.05) is 20.0 Å². The van der Waals surface area contributed by atoms with Crippen molar-refractivity contribution in [3.8, 4) is 0 Å². The van der Waals surface area contributed by atoms with E-state index < -0.39 is 24.0 Å². The summed E-state index contributed by atoms with van der Waals surface area (Å²) in [5.41, 5.74) is 0. The minimum Gasteiger partial charge on any atom is -0.481 e. The highest BCUT2D eigenvalue weighted by Gasteiger charge is 2.22. The third kappa shape index (κ3) is 6.39. The van der Waals surface area contributed by atoms with Gasteiger partial charge in [-0.1, -0.05) is 6.92 Å². The lowest BCUT2D eigenvalue weighted by Gasteiger charge is -2.20. The Morgan fingerprint density at radius 3 is 2.29 bits per heavy atom. The molecule has 0 saturated carbocycles. The van der Waals surface area contributed by atoms with Crippen molar-refractivity contribution in [1.82, 2.24) is 10.2 Å². The number of carboxylic acids is 2. The second-order valence-corrected chi connectivity index (χ2v) is 3.69. The van der Waals surface area contributed by atoms with Crippen molar-refractivity contribution in [3.05, 3.63) is 0 Å². The summed E-state index contributed by atoms with van der Waals surface area (Å²) >= 11 is 0. The molecule has 0 unspecified atom stereocenters. The van der Waals surface area contributed by atoms with Gasteiger partial charge in [0.2, 0.25) is 0 Å². The fraction of sp³-hybridized carbons (Fsp3) is 0.700. The quantitative estimate of drug-likeness (QED) is 0.601. The zero-order chi connectivity index (χ0) is 13.4. The number of carboxylic acid groups (broad SMARTS) is 2. The van der Waals surface area contributed by atoms with E-state index in [0.717, 1.165) is 6.42 Å². The number of carbonyl (C=O) groups excluding carboxylic acids is 1. The summed E-state index contributed by atoms with van der Waals surface area (Å²) in [4.78, 5) is 34.0. The smallest absolute Gasteiger partial charge is 0.326 e. The number of carbonyl (C=O) groups is 3. The van der Waals surface area contributed by atoms with Crippen LogP contribution in [0.5, 0.6) is 0 Å². The van der Waals surface area contributed by atoms with E-state index in [1.165, 1.54) is 4.90 Å². The maximum atomic E-state index is 11.5. The number of rotatable bonds is 7. The van der Waals surface area contributed by atoms with Crippen LogP contribution in [-0.2, 0) is 9.59 Å². The predicted octanol–water partition coefficient (Wildman–Crippen LogP) is 0.356. The molecular formula is C10H18N2O5. The number of nitrogens with one attached hydrogen (secondary N) is 1. The van der Waals surface area contributed by atoms with Gasteiger partial charge in [-0.05, 0) is 12.8 Å². The van der Waals surface area contributed by atoms with Gasteiger partial charge in [-0.3, -0.25) is 4.79 Å². The Kier molecular flexibility index (Phi) is 6.69. The predicted molar refractivity (Wildman–Crippen MR) is 59.7 cm³/mol. The van der Waals surface area contributed by atoms with Gasteiger partial charge >= 0.3 is 18.0 Å². The number of amides is 2. The molecule has 0 aromatic heterocycles. The molecule has 1 atom stereocenters. The van der Waals surface area contributed by atoms with Crippen LogP contribution in [0.4, 0.5) is 4.79 Å². The molecule has 0 rings (SSSR count). The summed E-state index contributed by atoms with van der Waals surface area (Å²) in [7, 11) is 1.55. The summed E-state index contributed by atoms with van der Waals surface area (Å²) in [5, 5.41) is 19.6. The molecule has 0 bridgehead atoms. The Morgan fingerprint density at radius 2 is 1.88 bits per heavy atom. The zero-order valence-corrected chi connectivity index (χ0v) is 9.97. The second kappa shape index (κ2) is 7.48. The first-order chi connectivity index (χ1) is 7.88. The fourth-order valence-corrected chi connectivity index (χ4v) is 1.22. The topological polar surface area (TPSA) is 107 Å². The van der Waals surface area contributed by atoms with E-state index in [-0.39, 0.29) is 12.8 Å². The van der Waals surface area contributed by atoms with Gasteiger partial charge in [-0.2, -0.15) is 0 Å². The molecule has 0 heterocycles. The monoisotopic (exact) mass is 246 g/mol.